The SMILES string of the molecule is OCc1cnc(N2CCCC(O)C2)s1. The first-order valence-corrected chi connectivity index (χ1v) is 5.60. The van der Waals surface area contributed by atoms with Crippen molar-refractivity contribution in [2.24, 2.45) is 0 Å². The van der Waals surface area contributed by atoms with Gasteiger partial charge in [-0.2, -0.15) is 0 Å². The van der Waals surface area contributed by atoms with E-state index in [0.29, 0.717) is 6.54 Å². The summed E-state index contributed by atoms with van der Waals surface area (Å²) in [4.78, 5) is 7.17. The second kappa shape index (κ2) is 4.25. The number of thiazole rings is 1. The molecule has 1 atom stereocenters. The van der Waals surface area contributed by atoms with Crippen molar-refractivity contribution in [1.82, 2.24) is 4.98 Å². The molecule has 1 aliphatic heterocycles. The first-order valence-electron chi connectivity index (χ1n) is 4.78. The molecule has 4 nitrogen and oxygen atoms in total. The Balaban J connectivity index is 2.06. The van der Waals surface area contributed by atoms with E-state index in [2.05, 4.69) is 9.88 Å². The molecule has 2 N–H and O–H groups in total. The molecule has 1 unspecified atom stereocenters. The molecule has 1 fully saturated rings. The monoisotopic (exact) mass is 214 g/mol. The topological polar surface area (TPSA) is 56.6 Å². The maximum Gasteiger partial charge on any atom is 0.185 e. The summed E-state index contributed by atoms with van der Waals surface area (Å²) in [7, 11) is 0. The van der Waals surface area contributed by atoms with Crippen LogP contribution >= 0.6 is 11.3 Å². The van der Waals surface area contributed by atoms with Crippen molar-refractivity contribution < 1.29 is 10.2 Å². The van der Waals surface area contributed by atoms with Crippen molar-refractivity contribution in [3.8, 4) is 0 Å². The van der Waals surface area contributed by atoms with E-state index in [4.69, 9.17) is 5.11 Å². The zero-order valence-electron chi connectivity index (χ0n) is 7.89. The van der Waals surface area contributed by atoms with Crippen LogP contribution in [-0.4, -0.2) is 34.4 Å². The summed E-state index contributed by atoms with van der Waals surface area (Å²) in [6.07, 6.45) is 3.36. The predicted molar refractivity (Wildman–Crippen MR) is 55.5 cm³/mol. The molecule has 2 rings (SSSR count). The summed E-state index contributed by atoms with van der Waals surface area (Å²) >= 11 is 1.50. The van der Waals surface area contributed by atoms with Crippen LogP contribution in [0.4, 0.5) is 5.13 Å². The van der Waals surface area contributed by atoms with Gasteiger partial charge in [0.05, 0.1) is 17.6 Å². The normalized spacial score (nSPS) is 22.7. The minimum Gasteiger partial charge on any atom is -0.391 e. The molecule has 1 aromatic rings. The second-order valence-corrected chi connectivity index (χ2v) is 4.60. The summed E-state index contributed by atoms with van der Waals surface area (Å²) in [5.41, 5.74) is 0. The van der Waals surface area contributed by atoms with E-state index in [1.807, 2.05) is 0 Å². The molecule has 0 radical (unpaired) electrons. The number of anilines is 1. The molecule has 14 heavy (non-hydrogen) atoms. The van der Waals surface area contributed by atoms with E-state index < -0.39 is 0 Å². The van der Waals surface area contributed by atoms with Gasteiger partial charge < -0.3 is 15.1 Å². The number of aliphatic hydroxyl groups excluding tert-OH is 2. The molecule has 78 valence electrons. The summed E-state index contributed by atoms with van der Waals surface area (Å²) in [6.45, 7) is 1.67. The lowest BCUT2D eigenvalue weighted by molar-refractivity contribution is 0.154. The third kappa shape index (κ3) is 2.05. The van der Waals surface area contributed by atoms with Crippen molar-refractivity contribution in [2.75, 3.05) is 18.0 Å². The minimum atomic E-state index is -0.231. The fourth-order valence-corrected chi connectivity index (χ4v) is 2.45. The Morgan fingerprint density at radius 3 is 3.14 bits per heavy atom. The molecule has 1 aromatic heterocycles. The number of aliphatic hydroxyl groups is 2. The molecule has 2 heterocycles. The van der Waals surface area contributed by atoms with Crippen molar-refractivity contribution in [3.63, 3.8) is 0 Å². The lowest BCUT2D eigenvalue weighted by Gasteiger charge is -2.29. The first-order chi connectivity index (χ1) is 6.79. The number of rotatable bonds is 2. The van der Waals surface area contributed by atoms with Gasteiger partial charge in [-0.15, -0.1) is 0 Å². The van der Waals surface area contributed by atoms with Gasteiger partial charge in [0.15, 0.2) is 5.13 Å². The smallest absolute Gasteiger partial charge is 0.185 e. The predicted octanol–water partition coefficient (Wildman–Crippen LogP) is 0.597. The van der Waals surface area contributed by atoms with Gasteiger partial charge in [0.25, 0.3) is 0 Å². The highest BCUT2D eigenvalue weighted by Crippen LogP contribution is 2.25. The molecule has 0 amide bonds. The van der Waals surface area contributed by atoms with E-state index >= 15 is 0 Å². The maximum atomic E-state index is 9.49. The van der Waals surface area contributed by atoms with Gasteiger partial charge >= 0.3 is 0 Å². The number of aromatic nitrogens is 1. The highest BCUT2D eigenvalue weighted by molar-refractivity contribution is 7.15. The molecule has 0 aromatic carbocycles. The van der Waals surface area contributed by atoms with Gasteiger partial charge in [0, 0.05) is 19.3 Å². The summed E-state index contributed by atoms with van der Waals surface area (Å²) in [6, 6.07) is 0. The van der Waals surface area contributed by atoms with Crippen LogP contribution in [-0.2, 0) is 6.61 Å². The standard InChI is InChI=1S/C9H14N2O2S/c12-6-8-4-10-9(14-8)11-3-1-2-7(13)5-11/h4,7,12-13H,1-3,5-6H2. The second-order valence-electron chi connectivity index (χ2n) is 3.51. The first kappa shape index (κ1) is 9.89. The van der Waals surface area contributed by atoms with Crippen LogP contribution in [0.25, 0.3) is 0 Å². The molecule has 1 saturated heterocycles. The summed E-state index contributed by atoms with van der Waals surface area (Å²) in [5.74, 6) is 0. The quantitative estimate of drug-likeness (QED) is 0.757. The van der Waals surface area contributed by atoms with Crippen LogP contribution < -0.4 is 4.90 Å². The Kier molecular flexibility index (Phi) is 3.00. The lowest BCUT2D eigenvalue weighted by atomic mass is 10.1. The average molecular weight is 214 g/mol. The fraction of sp³-hybridized carbons (Fsp3) is 0.667. The van der Waals surface area contributed by atoms with Crippen molar-refractivity contribution in [1.29, 1.82) is 0 Å². The van der Waals surface area contributed by atoms with Gasteiger partial charge in [-0.05, 0) is 12.8 Å². The molecule has 0 saturated carbocycles. The van der Waals surface area contributed by atoms with E-state index in [9.17, 15) is 5.11 Å². The van der Waals surface area contributed by atoms with Crippen LogP contribution in [0.15, 0.2) is 6.20 Å². The van der Waals surface area contributed by atoms with Gasteiger partial charge in [0.1, 0.15) is 0 Å². The maximum absolute atomic E-state index is 9.49. The van der Waals surface area contributed by atoms with Gasteiger partial charge in [-0.1, -0.05) is 11.3 Å². The van der Waals surface area contributed by atoms with Gasteiger partial charge in [0.2, 0.25) is 0 Å². The zero-order chi connectivity index (χ0) is 9.97. The Morgan fingerprint density at radius 2 is 2.50 bits per heavy atom. The Labute approximate surface area is 86.8 Å². The summed E-state index contributed by atoms with van der Waals surface area (Å²) in [5, 5.41) is 19.3. The van der Waals surface area contributed by atoms with Crippen LogP contribution in [0.1, 0.15) is 17.7 Å². The Bertz CT molecular complexity index is 303. The van der Waals surface area contributed by atoms with Gasteiger partial charge in [-0.3, -0.25) is 0 Å². The third-order valence-corrected chi connectivity index (χ3v) is 3.41. The Morgan fingerprint density at radius 1 is 1.64 bits per heavy atom. The van der Waals surface area contributed by atoms with E-state index in [1.54, 1.807) is 6.20 Å². The number of nitrogens with zero attached hydrogens (tertiary/aromatic N) is 2. The summed E-state index contributed by atoms with van der Waals surface area (Å²) < 4.78 is 0. The van der Waals surface area contributed by atoms with Gasteiger partial charge in [-0.25, -0.2) is 4.98 Å². The van der Waals surface area contributed by atoms with E-state index in [1.165, 1.54) is 11.3 Å². The molecule has 0 aliphatic carbocycles. The molecular formula is C9H14N2O2S. The highest BCUT2D eigenvalue weighted by atomic mass is 32.1. The molecule has 1 aliphatic rings. The number of β-amino-alcohol motifs (C(OH)–C–C–N with tert-alkyl or cyclic N) is 1. The van der Waals surface area contributed by atoms with Crippen molar-refractivity contribution >= 4 is 16.5 Å². The number of hydrogen-bond acceptors (Lipinski definition) is 5. The zero-order valence-corrected chi connectivity index (χ0v) is 8.70. The third-order valence-electron chi connectivity index (χ3n) is 2.36. The average Bonchev–Trinajstić information content (AvgIpc) is 2.66. The molecule has 5 heteroatoms. The van der Waals surface area contributed by atoms with Crippen molar-refractivity contribution in [3.05, 3.63) is 11.1 Å². The number of piperidine rings is 1. The largest absolute Gasteiger partial charge is 0.391 e. The minimum absolute atomic E-state index is 0.0497. The van der Waals surface area contributed by atoms with E-state index in [-0.39, 0.29) is 12.7 Å². The van der Waals surface area contributed by atoms with E-state index in [0.717, 1.165) is 29.4 Å². The van der Waals surface area contributed by atoms with Crippen LogP contribution in [0.5, 0.6) is 0 Å². The molecule has 0 spiro atoms. The van der Waals surface area contributed by atoms with Crippen LogP contribution in [0.3, 0.4) is 0 Å². The lowest BCUT2D eigenvalue weighted by Crippen LogP contribution is -2.38. The number of hydrogen-bond donors (Lipinski definition) is 2. The Hall–Kier alpha value is -0.650. The molecule has 0 bridgehead atoms. The molecular weight excluding hydrogens is 200 g/mol. The van der Waals surface area contributed by atoms with Crippen molar-refractivity contribution in [2.45, 2.75) is 25.6 Å². The highest BCUT2D eigenvalue weighted by Gasteiger charge is 2.19. The van der Waals surface area contributed by atoms with Crippen LogP contribution in [0, 0.1) is 0 Å². The fourth-order valence-electron chi connectivity index (χ4n) is 1.64. The van der Waals surface area contributed by atoms with Crippen LogP contribution in [0.2, 0.25) is 0 Å².